The van der Waals surface area contributed by atoms with E-state index in [2.05, 4.69) is 11.6 Å². The van der Waals surface area contributed by atoms with Crippen molar-refractivity contribution in [1.29, 1.82) is 0 Å². The Morgan fingerprint density at radius 2 is 1.75 bits per heavy atom. The summed E-state index contributed by atoms with van der Waals surface area (Å²) in [5.41, 5.74) is 0. The third kappa shape index (κ3) is 25.6. The molecule has 0 saturated heterocycles. The van der Waals surface area contributed by atoms with E-state index in [4.69, 9.17) is 6.42 Å². The normalized spacial score (nSPS) is 2.00. The minimum Gasteiger partial charge on any atom is -0.675 e. The zero-order valence-corrected chi connectivity index (χ0v) is 3.13. The van der Waals surface area contributed by atoms with Crippen LogP contribution < -0.4 is 18.9 Å². The molecule has 0 aromatic carbocycles. The molecule has 0 bridgehead atoms. The molecule has 0 aliphatic carbocycles. The molecule has 0 aliphatic rings. The van der Waals surface area contributed by atoms with Crippen LogP contribution in [0.2, 0.25) is 0 Å². The molecule has 0 aromatic rings. The van der Waals surface area contributed by atoms with Crippen LogP contribution in [-0.2, 0) is 0 Å². The zero-order chi connectivity index (χ0) is 2.71. The number of halogens is 1. The van der Waals surface area contributed by atoms with Crippen LogP contribution in [0.15, 0.2) is 0 Å². The van der Waals surface area contributed by atoms with Gasteiger partial charge in [-0.25, -0.2) is 0 Å². The first kappa shape index (κ1) is 8.82. The standard InChI is InChI=1S/C2Cl.Li/c1-2-3;/q-1;+1. The smallest absolute Gasteiger partial charge is 0.675 e. The molecule has 0 rings (SSSR count). The molecule has 0 aliphatic heterocycles. The summed E-state index contributed by atoms with van der Waals surface area (Å²) in [6.45, 7) is 0. The van der Waals surface area contributed by atoms with Crippen molar-refractivity contribution in [3.8, 4) is 5.38 Å². The molecule has 0 heterocycles. The molecule has 0 fully saturated rings. The number of rotatable bonds is 0. The van der Waals surface area contributed by atoms with E-state index in [1.807, 2.05) is 0 Å². The van der Waals surface area contributed by atoms with Crippen LogP contribution in [-0.4, -0.2) is 0 Å². The average Bonchev–Trinajstić information content (AvgIpc) is 0.918. The molecule has 4 heavy (non-hydrogen) atoms. The third-order valence-electron chi connectivity index (χ3n) is 0. The van der Waals surface area contributed by atoms with E-state index in [0.717, 1.165) is 0 Å². The van der Waals surface area contributed by atoms with Gasteiger partial charge in [-0.15, -0.1) is 0 Å². The Balaban J connectivity index is 0. The van der Waals surface area contributed by atoms with Gasteiger partial charge < -0.3 is 6.42 Å². The van der Waals surface area contributed by atoms with Crippen molar-refractivity contribution in [1.82, 2.24) is 0 Å². The monoisotopic (exact) mass is 66.0 g/mol. The number of hydrogen-bond acceptors (Lipinski definition) is 0. The number of hydrogen-bond donors (Lipinski definition) is 0. The minimum absolute atomic E-state index is 0. The molecule has 2 heteroatoms. The van der Waals surface area contributed by atoms with Gasteiger partial charge in [-0.1, -0.05) is 11.6 Å². The molecule has 0 nitrogen and oxygen atoms in total. The topological polar surface area (TPSA) is 0 Å². The summed E-state index contributed by atoms with van der Waals surface area (Å²) in [6.07, 6.45) is 5.72. The van der Waals surface area contributed by atoms with Crippen molar-refractivity contribution in [3.05, 3.63) is 6.42 Å². The predicted molar refractivity (Wildman–Crippen MR) is 13.0 cm³/mol. The van der Waals surface area contributed by atoms with Crippen LogP contribution in [0.5, 0.6) is 0 Å². The Morgan fingerprint density at radius 3 is 1.75 bits per heavy atom. The minimum atomic E-state index is 0. The second-order valence-electron chi connectivity index (χ2n) is 0.0945. The second kappa shape index (κ2) is 9.86. The van der Waals surface area contributed by atoms with Gasteiger partial charge in [0, 0.05) is 0 Å². The molecule has 0 radical (unpaired) electrons. The van der Waals surface area contributed by atoms with Gasteiger partial charge in [0.25, 0.3) is 0 Å². The van der Waals surface area contributed by atoms with Crippen LogP contribution in [0, 0.1) is 11.8 Å². The maximum atomic E-state index is 5.72. The van der Waals surface area contributed by atoms with Gasteiger partial charge in [0.15, 0.2) is 0 Å². The summed E-state index contributed by atoms with van der Waals surface area (Å²) in [5, 5.41) is 1.47. The van der Waals surface area contributed by atoms with Crippen molar-refractivity contribution in [2.24, 2.45) is 0 Å². The van der Waals surface area contributed by atoms with Crippen LogP contribution in [0.3, 0.4) is 0 Å². The van der Waals surface area contributed by atoms with Gasteiger partial charge in [-0.05, 0) is 0 Å². The van der Waals surface area contributed by atoms with E-state index >= 15 is 0 Å². The molecule has 0 amide bonds. The molecular weight excluding hydrogens is 66.4 g/mol. The van der Waals surface area contributed by atoms with Crippen molar-refractivity contribution >= 4 is 11.6 Å². The first-order valence-corrected chi connectivity index (χ1v) is 0.817. The Hall–Kier alpha value is 0.447. The molecule has 0 atom stereocenters. The van der Waals surface area contributed by atoms with Gasteiger partial charge in [0.05, 0.1) is 0 Å². The second-order valence-corrected chi connectivity index (χ2v) is 0.283. The van der Waals surface area contributed by atoms with Gasteiger partial charge in [-0.2, -0.15) is 0 Å². The average molecular weight is 66.4 g/mol. The van der Waals surface area contributed by atoms with E-state index in [1.165, 1.54) is 5.38 Å². The summed E-state index contributed by atoms with van der Waals surface area (Å²) in [5.74, 6) is 0. The van der Waals surface area contributed by atoms with Crippen LogP contribution >= 0.6 is 11.6 Å². The van der Waals surface area contributed by atoms with Crippen LogP contribution in [0.1, 0.15) is 0 Å². The Morgan fingerprint density at radius 1 is 1.75 bits per heavy atom. The van der Waals surface area contributed by atoms with Gasteiger partial charge in [0.1, 0.15) is 0 Å². The van der Waals surface area contributed by atoms with E-state index in [0.29, 0.717) is 0 Å². The molecule has 0 unspecified atom stereocenters. The van der Waals surface area contributed by atoms with E-state index in [9.17, 15) is 0 Å². The fraction of sp³-hybridized carbons (Fsp3) is 0. The summed E-state index contributed by atoms with van der Waals surface area (Å²) in [7, 11) is 0. The van der Waals surface area contributed by atoms with Gasteiger partial charge >= 0.3 is 18.9 Å². The quantitative estimate of drug-likeness (QED) is 0.171. The maximum Gasteiger partial charge on any atom is 1.00 e. The Labute approximate surface area is 42.7 Å². The van der Waals surface area contributed by atoms with Crippen molar-refractivity contribution in [2.75, 3.05) is 0 Å². The van der Waals surface area contributed by atoms with Gasteiger partial charge in [0.2, 0.25) is 0 Å². The molecule has 16 valence electrons. The van der Waals surface area contributed by atoms with Crippen molar-refractivity contribution in [3.63, 3.8) is 0 Å². The van der Waals surface area contributed by atoms with Gasteiger partial charge in [-0.3, -0.25) is 5.38 Å². The maximum absolute atomic E-state index is 5.72. The molecule has 0 spiro atoms. The summed E-state index contributed by atoms with van der Waals surface area (Å²) in [4.78, 5) is 0. The van der Waals surface area contributed by atoms with E-state index in [1.54, 1.807) is 0 Å². The largest absolute Gasteiger partial charge is 1.00 e. The van der Waals surface area contributed by atoms with E-state index in [-0.39, 0.29) is 18.9 Å². The predicted octanol–water partition coefficient (Wildman–Crippen LogP) is -2.22. The first-order chi connectivity index (χ1) is 1.41. The fourth-order valence-corrected chi connectivity index (χ4v) is 0. The SMILES string of the molecule is [C-]#CCl.[Li+]. The molecule has 0 N–H and O–H groups in total. The summed E-state index contributed by atoms with van der Waals surface area (Å²) < 4.78 is 0. The van der Waals surface area contributed by atoms with Crippen LogP contribution in [0.4, 0.5) is 0 Å². The molecule has 0 saturated carbocycles. The summed E-state index contributed by atoms with van der Waals surface area (Å²) in [6, 6.07) is 0. The van der Waals surface area contributed by atoms with Crippen molar-refractivity contribution in [2.45, 2.75) is 0 Å². The van der Waals surface area contributed by atoms with E-state index < -0.39 is 0 Å². The Bertz CT molecular complexity index is 27.5. The fourth-order valence-electron chi connectivity index (χ4n) is 0. The van der Waals surface area contributed by atoms with Crippen molar-refractivity contribution < 1.29 is 18.9 Å². The zero-order valence-electron chi connectivity index (χ0n) is 2.38. The third-order valence-corrected chi connectivity index (χ3v) is 0. The molecule has 0 aromatic heterocycles. The Kier molecular flexibility index (Phi) is 21.7. The van der Waals surface area contributed by atoms with Crippen LogP contribution in [0.25, 0.3) is 0 Å². The summed E-state index contributed by atoms with van der Waals surface area (Å²) >= 11 is 4.42. The molecular formula is C2ClLi. The first-order valence-electron chi connectivity index (χ1n) is 0.439.